The highest BCUT2D eigenvalue weighted by Crippen LogP contribution is 2.34. The highest BCUT2D eigenvalue weighted by molar-refractivity contribution is 6.02. The Morgan fingerprint density at radius 2 is 2.00 bits per heavy atom. The number of benzene rings is 1. The number of aliphatic hydroxyl groups excluding tert-OH is 1. The Bertz CT molecular complexity index is 886. The van der Waals surface area contributed by atoms with Crippen LogP contribution in [-0.2, 0) is 20.4 Å². The Labute approximate surface area is 177 Å². The molecule has 6 nitrogen and oxygen atoms in total. The summed E-state index contributed by atoms with van der Waals surface area (Å²) in [5.41, 5.74) is 0.361. The number of hydrogen-bond acceptors (Lipinski definition) is 5. The summed E-state index contributed by atoms with van der Waals surface area (Å²) in [7, 11) is 0. The summed E-state index contributed by atoms with van der Waals surface area (Å²) in [5, 5.41) is 11.6. The van der Waals surface area contributed by atoms with Crippen molar-refractivity contribution in [3.8, 4) is 0 Å². The van der Waals surface area contributed by atoms with Crippen LogP contribution in [0, 0.1) is 0 Å². The quantitative estimate of drug-likeness (QED) is 0.605. The monoisotopic (exact) mass is 436 g/mol. The van der Waals surface area contributed by atoms with Crippen LogP contribution >= 0.6 is 0 Å². The van der Waals surface area contributed by atoms with E-state index in [0.29, 0.717) is 37.1 Å². The van der Waals surface area contributed by atoms with Crippen LogP contribution in [-0.4, -0.2) is 35.5 Å². The first-order chi connectivity index (χ1) is 14.9. The SMILES string of the molecule is O=C(Nc1cccnc1)C1=C[C@@H](c2ccc(C(F)(F)F)cc2)C[C@@H](OCCCCO)O1. The molecule has 2 aromatic rings. The second-order valence-electron chi connectivity index (χ2n) is 7.04. The molecule has 0 spiro atoms. The Kier molecular flexibility index (Phi) is 7.64. The van der Waals surface area contributed by atoms with E-state index >= 15 is 0 Å². The molecule has 0 aliphatic carbocycles. The van der Waals surface area contributed by atoms with Crippen LogP contribution in [0.3, 0.4) is 0 Å². The number of hydrogen-bond donors (Lipinski definition) is 2. The molecular formula is C22H23F3N2O4. The lowest BCUT2D eigenvalue weighted by atomic mass is 9.92. The van der Waals surface area contributed by atoms with Crippen molar-refractivity contribution in [2.45, 2.75) is 37.6 Å². The third-order valence-corrected chi connectivity index (χ3v) is 4.72. The van der Waals surface area contributed by atoms with E-state index in [4.69, 9.17) is 14.6 Å². The second-order valence-corrected chi connectivity index (χ2v) is 7.04. The van der Waals surface area contributed by atoms with Crippen molar-refractivity contribution in [3.63, 3.8) is 0 Å². The second kappa shape index (κ2) is 10.4. The third-order valence-electron chi connectivity index (χ3n) is 4.72. The minimum atomic E-state index is -4.42. The number of halogens is 3. The van der Waals surface area contributed by atoms with Gasteiger partial charge in [0, 0.05) is 25.1 Å². The normalized spacial score (nSPS) is 18.8. The van der Waals surface area contributed by atoms with Gasteiger partial charge < -0.3 is 19.9 Å². The number of ether oxygens (including phenoxy) is 2. The van der Waals surface area contributed by atoms with Gasteiger partial charge in [-0.2, -0.15) is 13.2 Å². The van der Waals surface area contributed by atoms with Crippen LogP contribution in [0.25, 0.3) is 0 Å². The van der Waals surface area contributed by atoms with Crippen LogP contribution in [0.1, 0.15) is 36.3 Å². The zero-order valence-electron chi connectivity index (χ0n) is 16.6. The fraction of sp³-hybridized carbons (Fsp3) is 0.364. The number of unbranched alkanes of at least 4 members (excludes halogenated alkanes) is 1. The van der Waals surface area contributed by atoms with E-state index in [2.05, 4.69) is 10.3 Å². The molecule has 9 heteroatoms. The van der Waals surface area contributed by atoms with Gasteiger partial charge in [-0.1, -0.05) is 12.1 Å². The van der Waals surface area contributed by atoms with E-state index < -0.39 is 23.9 Å². The number of allylic oxidation sites excluding steroid dienone is 1. The lowest BCUT2D eigenvalue weighted by Gasteiger charge is -2.29. The average Bonchev–Trinajstić information content (AvgIpc) is 2.77. The average molecular weight is 436 g/mol. The van der Waals surface area contributed by atoms with Crippen LogP contribution in [0.15, 0.2) is 60.6 Å². The fourth-order valence-corrected chi connectivity index (χ4v) is 3.13. The molecule has 0 saturated heterocycles. The van der Waals surface area contributed by atoms with Crippen LogP contribution in [0.2, 0.25) is 0 Å². The van der Waals surface area contributed by atoms with Crippen LogP contribution < -0.4 is 5.32 Å². The van der Waals surface area contributed by atoms with Gasteiger partial charge in [0.1, 0.15) is 0 Å². The first-order valence-electron chi connectivity index (χ1n) is 9.86. The Morgan fingerprint density at radius 3 is 2.65 bits per heavy atom. The zero-order chi connectivity index (χ0) is 22.3. The summed E-state index contributed by atoms with van der Waals surface area (Å²) >= 11 is 0. The summed E-state index contributed by atoms with van der Waals surface area (Å²) < 4.78 is 50.0. The molecule has 0 saturated carbocycles. The van der Waals surface area contributed by atoms with Gasteiger partial charge in [0.2, 0.25) is 6.29 Å². The number of amides is 1. The van der Waals surface area contributed by atoms with Gasteiger partial charge in [-0.15, -0.1) is 0 Å². The van der Waals surface area contributed by atoms with E-state index in [0.717, 1.165) is 12.1 Å². The molecule has 0 radical (unpaired) electrons. The minimum absolute atomic E-state index is 0.0205. The van der Waals surface area contributed by atoms with Gasteiger partial charge in [-0.3, -0.25) is 9.78 Å². The molecule has 31 heavy (non-hydrogen) atoms. The summed E-state index contributed by atoms with van der Waals surface area (Å²) in [6.45, 7) is 0.365. The number of pyridine rings is 1. The largest absolute Gasteiger partial charge is 0.459 e. The van der Waals surface area contributed by atoms with Crippen LogP contribution in [0.4, 0.5) is 18.9 Å². The summed E-state index contributed by atoms with van der Waals surface area (Å²) in [6, 6.07) is 8.17. The lowest BCUT2D eigenvalue weighted by molar-refractivity contribution is -0.143. The summed E-state index contributed by atoms with van der Waals surface area (Å²) in [6.07, 6.45) is 1.00. The lowest BCUT2D eigenvalue weighted by Crippen LogP contribution is -2.29. The van der Waals surface area contributed by atoms with Gasteiger partial charge in [0.15, 0.2) is 5.76 Å². The maximum Gasteiger partial charge on any atom is 0.416 e. The molecule has 166 valence electrons. The topological polar surface area (TPSA) is 80.7 Å². The molecule has 0 unspecified atom stereocenters. The number of nitrogens with one attached hydrogen (secondary N) is 1. The van der Waals surface area contributed by atoms with Crippen molar-refractivity contribution in [1.29, 1.82) is 0 Å². The number of carbonyl (C=O) groups excluding carboxylic acids is 1. The first kappa shape index (κ1) is 22.8. The molecule has 1 amide bonds. The van der Waals surface area contributed by atoms with E-state index in [-0.39, 0.29) is 18.3 Å². The number of nitrogens with zero attached hydrogens (tertiary/aromatic N) is 1. The number of rotatable bonds is 8. The molecule has 1 aromatic carbocycles. The van der Waals surface area contributed by atoms with Crippen molar-refractivity contribution in [2.24, 2.45) is 0 Å². The fourth-order valence-electron chi connectivity index (χ4n) is 3.13. The Morgan fingerprint density at radius 1 is 1.23 bits per heavy atom. The van der Waals surface area contributed by atoms with Gasteiger partial charge in [-0.25, -0.2) is 0 Å². The van der Waals surface area contributed by atoms with Gasteiger partial charge in [-0.05, 0) is 48.7 Å². The first-order valence-corrected chi connectivity index (χ1v) is 9.86. The van der Waals surface area contributed by atoms with E-state index in [1.54, 1.807) is 24.4 Å². The zero-order valence-corrected chi connectivity index (χ0v) is 16.6. The molecule has 0 fully saturated rings. The number of aliphatic hydroxyl groups is 1. The molecule has 2 atom stereocenters. The third kappa shape index (κ3) is 6.53. The number of carbonyl (C=O) groups is 1. The summed E-state index contributed by atoms with van der Waals surface area (Å²) in [5.74, 6) is -0.853. The van der Waals surface area contributed by atoms with Gasteiger partial charge in [0.05, 0.1) is 24.1 Å². The highest BCUT2D eigenvalue weighted by atomic mass is 19.4. The molecule has 2 heterocycles. The smallest absolute Gasteiger partial charge is 0.416 e. The molecular weight excluding hydrogens is 413 g/mol. The van der Waals surface area contributed by atoms with Crippen molar-refractivity contribution in [3.05, 3.63) is 71.8 Å². The molecule has 0 bridgehead atoms. The Balaban J connectivity index is 1.78. The molecule has 1 aliphatic rings. The molecule has 3 rings (SSSR count). The predicted octanol–water partition coefficient (Wildman–Crippen LogP) is 4.24. The molecule has 2 N–H and O–H groups in total. The highest BCUT2D eigenvalue weighted by Gasteiger charge is 2.32. The van der Waals surface area contributed by atoms with E-state index in [9.17, 15) is 18.0 Å². The van der Waals surface area contributed by atoms with Gasteiger partial charge in [0.25, 0.3) is 5.91 Å². The predicted molar refractivity (Wildman–Crippen MR) is 107 cm³/mol. The van der Waals surface area contributed by atoms with Crippen molar-refractivity contribution in [1.82, 2.24) is 4.98 Å². The number of aromatic nitrogens is 1. The number of alkyl halides is 3. The molecule has 1 aliphatic heterocycles. The van der Waals surface area contributed by atoms with E-state index in [1.807, 2.05) is 0 Å². The summed E-state index contributed by atoms with van der Waals surface area (Å²) in [4.78, 5) is 16.6. The standard InChI is InChI=1S/C22H23F3N2O4/c23-22(24,25)17-7-5-15(6-8-17)16-12-19(21(29)27-18-4-3-9-26-14-18)31-20(13-16)30-11-2-1-10-28/h3-9,12,14,16,20,28H,1-2,10-11,13H2,(H,27,29)/t16-,20+/m1/s1. The minimum Gasteiger partial charge on any atom is -0.459 e. The van der Waals surface area contributed by atoms with E-state index in [1.165, 1.54) is 18.3 Å². The maximum atomic E-state index is 12.9. The van der Waals surface area contributed by atoms with Crippen molar-refractivity contribution >= 4 is 11.6 Å². The van der Waals surface area contributed by atoms with Crippen molar-refractivity contribution < 1.29 is 32.5 Å². The maximum absolute atomic E-state index is 12.9. The van der Waals surface area contributed by atoms with Crippen molar-refractivity contribution in [2.75, 3.05) is 18.5 Å². The number of anilines is 1. The Hall–Kier alpha value is -2.91. The molecule has 1 aromatic heterocycles. The van der Waals surface area contributed by atoms with Gasteiger partial charge >= 0.3 is 6.18 Å². The van der Waals surface area contributed by atoms with Crippen LogP contribution in [0.5, 0.6) is 0 Å².